The molecule has 2 heterocycles. The average molecular weight is 511 g/mol. The highest BCUT2D eigenvalue weighted by atomic mass is 32.2. The number of fused-ring (bicyclic) bond motifs is 8. The molecule has 0 bridgehead atoms. The highest BCUT2D eigenvalue weighted by Crippen LogP contribution is 2.48. The van der Waals surface area contributed by atoms with Gasteiger partial charge >= 0.3 is 0 Å². The highest BCUT2D eigenvalue weighted by molar-refractivity contribution is 7.86. The summed E-state index contributed by atoms with van der Waals surface area (Å²) in [7, 11) is -4.38. The van der Waals surface area contributed by atoms with Crippen LogP contribution in [0.5, 0.6) is 0 Å². The Hall–Kier alpha value is -4.79. The first kappa shape index (κ1) is 20.3. The standard InChI is InChI=1S/C30H14N4O3S/c35-38(36,37)24-11-10-19-26-15(24)6-3-9-18(26)29-30(19)34-23-13-21-20(12-22(23)33-29)31-27-16-7-1-4-14-5-2-8-17(25(14)16)28(27)32-21/h1-13H,(H,35,36,37). The fourth-order valence-electron chi connectivity index (χ4n) is 6.09. The van der Waals surface area contributed by atoms with Crippen molar-refractivity contribution >= 4 is 53.7 Å². The van der Waals surface area contributed by atoms with Gasteiger partial charge in [-0.1, -0.05) is 60.7 Å². The van der Waals surface area contributed by atoms with Gasteiger partial charge < -0.3 is 0 Å². The Bertz CT molecular complexity index is 2270. The molecule has 5 aromatic carbocycles. The Kier molecular flexibility index (Phi) is 3.50. The molecule has 38 heavy (non-hydrogen) atoms. The zero-order valence-corrected chi connectivity index (χ0v) is 20.3. The van der Waals surface area contributed by atoms with Crippen LogP contribution in [-0.4, -0.2) is 32.9 Å². The van der Waals surface area contributed by atoms with E-state index in [2.05, 4.69) is 24.3 Å². The van der Waals surface area contributed by atoms with Gasteiger partial charge in [-0.3, -0.25) is 4.55 Å². The maximum Gasteiger partial charge on any atom is 0.295 e. The Labute approximate surface area is 215 Å². The van der Waals surface area contributed by atoms with Gasteiger partial charge in [-0.15, -0.1) is 0 Å². The highest BCUT2D eigenvalue weighted by Gasteiger charge is 2.29. The summed E-state index contributed by atoms with van der Waals surface area (Å²) in [4.78, 5) is 19.9. The van der Waals surface area contributed by atoms with E-state index in [0.29, 0.717) is 27.8 Å². The molecule has 2 aromatic heterocycles. The molecule has 0 saturated heterocycles. The van der Waals surface area contributed by atoms with Gasteiger partial charge in [-0.2, -0.15) is 8.42 Å². The van der Waals surface area contributed by atoms with Gasteiger partial charge in [0.2, 0.25) is 0 Å². The molecule has 0 unspecified atom stereocenters. The quantitative estimate of drug-likeness (QED) is 0.201. The van der Waals surface area contributed by atoms with E-state index in [1.165, 1.54) is 16.8 Å². The summed E-state index contributed by atoms with van der Waals surface area (Å²) in [6.45, 7) is 0. The van der Waals surface area contributed by atoms with E-state index < -0.39 is 10.1 Å². The summed E-state index contributed by atoms with van der Waals surface area (Å²) in [6, 6.07) is 24.8. The van der Waals surface area contributed by atoms with E-state index >= 15 is 0 Å². The SMILES string of the molecule is O=S(=O)(O)c1ccc2c3c(cccc13)-c1nc3cc4nc5c(nc4cc3nc1-2)-c1cccc2cccc-5c12. The van der Waals surface area contributed by atoms with Crippen LogP contribution in [0.3, 0.4) is 0 Å². The molecular formula is C30H14N4O3S. The fraction of sp³-hybridized carbons (Fsp3) is 0. The third kappa shape index (κ3) is 2.43. The van der Waals surface area contributed by atoms with Crippen molar-refractivity contribution in [3.05, 3.63) is 78.9 Å². The molecular weight excluding hydrogens is 496 g/mol. The number of rotatable bonds is 1. The molecule has 8 heteroatoms. The smallest absolute Gasteiger partial charge is 0.282 e. The van der Waals surface area contributed by atoms with E-state index in [0.717, 1.165) is 50.1 Å². The molecule has 0 radical (unpaired) electrons. The normalized spacial score (nSPS) is 13.1. The van der Waals surface area contributed by atoms with Crippen molar-refractivity contribution in [1.82, 2.24) is 19.9 Å². The van der Waals surface area contributed by atoms with Gasteiger partial charge in [0.15, 0.2) is 0 Å². The van der Waals surface area contributed by atoms with E-state index in [-0.39, 0.29) is 4.90 Å². The van der Waals surface area contributed by atoms with Crippen LogP contribution in [0.1, 0.15) is 0 Å². The van der Waals surface area contributed by atoms with Crippen LogP contribution in [0.4, 0.5) is 0 Å². The summed E-state index contributed by atoms with van der Waals surface area (Å²) in [5, 5.41) is 3.51. The van der Waals surface area contributed by atoms with Gasteiger partial charge in [0, 0.05) is 38.4 Å². The second-order valence-corrected chi connectivity index (χ2v) is 11.1. The molecule has 2 aliphatic carbocycles. The summed E-state index contributed by atoms with van der Waals surface area (Å²) in [6.07, 6.45) is 0. The molecule has 1 N–H and O–H groups in total. The zero-order valence-electron chi connectivity index (χ0n) is 19.5. The molecule has 178 valence electrons. The number of aromatic nitrogens is 4. The minimum Gasteiger partial charge on any atom is -0.282 e. The minimum atomic E-state index is -4.38. The minimum absolute atomic E-state index is 0.126. The van der Waals surface area contributed by atoms with Crippen molar-refractivity contribution < 1.29 is 13.0 Å². The second-order valence-electron chi connectivity index (χ2n) is 9.69. The molecule has 2 aliphatic rings. The van der Waals surface area contributed by atoms with E-state index in [1.807, 2.05) is 30.3 Å². The first-order valence-electron chi connectivity index (χ1n) is 12.1. The maximum absolute atomic E-state index is 12.0. The summed E-state index contributed by atoms with van der Waals surface area (Å²) in [5.74, 6) is 0. The van der Waals surface area contributed by atoms with Crippen molar-refractivity contribution in [1.29, 1.82) is 0 Å². The first-order chi connectivity index (χ1) is 18.5. The fourth-order valence-corrected chi connectivity index (χ4v) is 6.78. The molecule has 0 amide bonds. The molecule has 0 atom stereocenters. The molecule has 7 nitrogen and oxygen atoms in total. The van der Waals surface area contributed by atoms with Crippen molar-refractivity contribution in [2.45, 2.75) is 4.90 Å². The van der Waals surface area contributed by atoms with Crippen molar-refractivity contribution in [2.75, 3.05) is 0 Å². The van der Waals surface area contributed by atoms with Gasteiger partial charge in [0.1, 0.15) is 4.90 Å². The van der Waals surface area contributed by atoms with Crippen molar-refractivity contribution in [2.24, 2.45) is 0 Å². The average Bonchev–Trinajstić information content (AvgIpc) is 3.39. The number of benzene rings is 5. The van der Waals surface area contributed by atoms with E-state index in [9.17, 15) is 13.0 Å². The topological polar surface area (TPSA) is 106 Å². The summed E-state index contributed by atoms with van der Waals surface area (Å²) < 4.78 is 33.8. The van der Waals surface area contributed by atoms with Gasteiger partial charge in [0.25, 0.3) is 10.1 Å². The third-order valence-corrected chi connectivity index (χ3v) is 8.56. The second kappa shape index (κ2) is 6.55. The van der Waals surface area contributed by atoms with Crippen molar-refractivity contribution in [3.63, 3.8) is 0 Å². The lowest BCUT2D eigenvalue weighted by Gasteiger charge is -2.07. The van der Waals surface area contributed by atoms with Crippen LogP contribution in [-0.2, 0) is 10.1 Å². The maximum atomic E-state index is 12.0. The molecule has 0 fully saturated rings. The Balaban J connectivity index is 1.32. The van der Waals surface area contributed by atoms with Crippen LogP contribution < -0.4 is 0 Å². The predicted octanol–water partition coefficient (Wildman–Crippen LogP) is 6.42. The van der Waals surface area contributed by atoms with Crippen LogP contribution in [0, 0.1) is 0 Å². The van der Waals surface area contributed by atoms with Crippen LogP contribution in [0.15, 0.2) is 83.8 Å². The van der Waals surface area contributed by atoms with Crippen LogP contribution in [0.25, 0.3) is 88.6 Å². The van der Waals surface area contributed by atoms with Crippen LogP contribution >= 0.6 is 0 Å². The van der Waals surface area contributed by atoms with E-state index in [4.69, 9.17) is 19.9 Å². The predicted molar refractivity (Wildman–Crippen MR) is 146 cm³/mol. The molecule has 7 aromatic rings. The van der Waals surface area contributed by atoms with Gasteiger partial charge in [-0.25, -0.2) is 19.9 Å². The van der Waals surface area contributed by atoms with E-state index in [1.54, 1.807) is 18.2 Å². The Morgan fingerprint density at radius 2 is 0.974 bits per heavy atom. The van der Waals surface area contributed by atoms with Gasteiger partial charge in [0.05, 0.1) is 44.8 Å². The number of hydrogen-bond donors (Lipinski definition) is 1. The van der Waals surface area contributed by atoms with Crippen molar-refractivity contribution in [3.8, 4) is 45.0 Å². The van der Waals surface area contributed by atoms with Crippen LogP contribution in [0.2, 0.25) is 0 Å². The Morgan fingerprint density at radius 3 is 1.47 bits per heavy atom. The monoisotopic (exact) mass is 510 g/mol. The molecule has 9 rings (SSSR count). The largest absolute Gasteiger partial charge is 0.295 e. The lowest BCUT2D eigenvalue weighted by atomic mass is 10.0. The lowest BCUT2D eigenvalue weighted by Crippen LogP contribution is -1.99. The molecule has 0 spiro atoms. The molecule has 0 aliphatic heterocycles. The summed E-state index contributed by atoms with van der Waals surface area (Å²) >= 11 is 0. The molecule has 0 saturated carbocycles. The van der Waals surface area contributed by atoms with Gasteiger partial charge in [-0.05, 0) is 23.6 Å². The number of nitrogens with zero attached hydrogens (tertiary/aromatic N) is 4. The lowest BCUT2D eigenvalue weighted by molar-refractivity contribution is 0.484. The zero-order chi connectivity index (χ0) is 25.3. The third-order valence-electron chi connectivity index (χ3n) is 7.65. The summed E-state index contributed by atoms with van der Waals surface area (Å²) in [5.41, 5.74) is 9.66. The first-order valence-corrected chi connectivity index (χ1v) is 13.5. The number of hydrogen-bond acceptors (Lipinski definition) is 6. The Morgan fingerprint density at radius 1 is 0.526 bits per heavy atom.